The van der Waals surface area contributed by atoms with E-state index in [-0.39, 0.29) is 12.2 Å². The van der Waals surface area contributed by atoms with Crippen molar-refractivity contribution in [3.63, 3.8) is 0 Å². The molecule has 0 amide bonds. The molecule has 5 nitrogen and oxygen atoms in total. The van der Waals surface area contributed by atoms with Gasteiger partial charge >= 0.3 is 0 Å². The van der Waals surface area contributed by atoms with Crippen LogP contribution in [0.15, 0.2) is 24.4 Å². The molecule has 0 radical (unpaired) electrons. The Morgan fingerprint density at radius 2 is 2.04 bits per heavy atom. The Kier molecular flexibility index (Phi) is 4.78. The maximum Gasteiger partial charge on any atom is 0.213 e. The summed E-state index contributed by atoms with van der Waals surface area (Å²) in [5, 5.41) is 0. The molecule has 23 heavy (non-hydrogen) atoms. The Morgan fingerprint density at radius 1 is 1.13 bits per heavy atom. The van der Waals surface area contributed by atoms with E-state index in [0.29, 0.717) is 11.9 Å². The second-order valence-electron chi connectivity index (χ2n) is 6.86. The lowest BCUT2D eigenvalue weighted by Crippen LogP contribution is -2.53. The maximum atomic E-state index is 6.10. The van der Waals surface area contributed by atoms with E-state index in [1.807, 2.05) is 18.2 Å². The van der Waals surface area contributed by atoms with Gasteiger partial charge in [-0.2, -0.15) is 0 Å². The van der Waals surface area contributed by atoms with Crippen molar-refractivity contribution in [3.05, 3.63) is 24.4 Å². The van der Waals surface area contributed by atoms with E-state index >= 15 is 0 Å². The Hall–Kier alpha value is -1.17. The lowest BCUT2D eigenvalue weighted by Gasteiger charge is -2.41. The zero-order valence-corrected chi connectivity index (χ0v) is 13.6. The Balaban J connectivity index is 1.38. The van der Waals surface area contributed by atoms with E-state index in [1.54, 1.807) is 6.20 Å². The summed E-state index contributed by atoms with van der Waals surface area (Å²) in [5.74, 6) is 1.49. The molecule has 126 valence electrons. The highest BCUT2D eigenvalue weighted by molar-refractivity contribution is 5.11. The number of nitrogens with zero attached hydrogens (tertiary/aromatic N) is 2. The molecule has 2 aliphatic heterocycles. The third-order valence-corrected chi connectivity index (χ3v) is 5.39. The number of hydrogen-bond acceptors (Lipinski definition) is 5. The van der Waals surface area contributed by atoms with Gasteiger partial charge in [-0.1, -0.05) is 6.07 Å². The monoisotopic (exact) mass is 318 g/mol. The summed E-state index contributed by atoms with van der Waals surface area (Å²) in [4.78, 5) is 6.93. The van der Waals surface area contributed by atoms with Crippen LogP contribution >= 0.6 is 0 Å². The van der Waals surface area contributed by atoms with Gasteiger partial charge in [-0.25, -0.2) is 4.98 Å². The van der Waals surface area contributed by atoms with E-state index in [0.717, 1.165) is 45.1 Å². The Labute approximate surface area is 137 Å². The SMILES string of the molecule is c1ccc(O[C@@H]2CC[C@H]3[C@H]2OCCN3CC2CCOCC2)nc1. The second kappa shape index (κ2) is 7.16. The van der Waals surface area contributed by atoms with Gasteiger partial charge in [0.05, 0.1) is 6.61 Å². The summed E-state index contributed by atoms with van der Waals surface area (Å²) in [6, 6.07) is 6.31. The van der Waals surface area contributed by atoms with Crippen LogP contribution in [0.1, 0.15) is 25.7 Å². The molecule has 0 aromatic carbocycles. The van der Waals surface area contributed by atoms with Crippen molar-refractivity contribution in [2.45, 2.75) is 43.9 Å². The number of pyridine rings is 1. The average Bonchev–Trinajstić information content (AvgIpc) is 3.01. The third kappa shape index (κ3) is 3.52. The minimum Gasteiger partial charge on any atom is -0.472 e. The van der Waals surface area contributed by atoms with E-state index in [9.17, 15) is 0 Å². The molecule has 1 aliphatic carbocycles. The molecular weight excluding hydrogens is 292 g/mol. The van der Waals surface area contributed by atoms with Crippen LogP contribution in [0.2, 0.25) is 0 Å². The van der Waals surface area contributed by atoms with E-state index in [1.165, 1.54) is 19.4 Å². The summed E-state index contributed by atoms with van der Waals surface area (Å²) in [5.41, 5.74) is 0. The molecule has 1 aromatic rings. The molecule has 3 atom stereocenters. The van der Waals surface area contributed by atoms with Crippen LogP contribution < -0.4 is 4.74 Å². The number of aromatic nitrogens is 1. The van der Waals surface area contributed by atoms with Gasteiger partial charge in [0.15, 0.2) is 0 Å². The summed E-state index contributed by atoms with van der Waals surface area (Å²) >= 11 is 0. The van der Waals surface area contributed by atoms with Gasteiger partial charge < -0.3 is 14.2 Å². The van der Waals surface area contributed by atoms with E-state index < -0.39 is 0 Å². The van der Waals surface area contributed by atoms with E-state index in [2.05, 4.69) is 9.88 Å². The summed E-state index contributed by atoms with van der Waals surface area (Å²) in [7, 11) is 0. The lowest BCUT2D eigenvalue weighted by molar-refractivity contribution is -0.0959. The van der Waals surface area contributed by atoms with Gasteiger partial charge in [0.2, 0.25) is 5.88 Å². The molecule has 3 fully saturated rings. The number of morpholine rings is 1. The number of rotatable bonds is 4. The topological polar surface area (TPSA) is 43.8 Å². The third-order valence-electron chi connectivity index (χ3n) is 5.39. The maximum absolute atomic E-state index is 6.10. The Morgan fingerprint density at radius 3 is 2.87 bits per heavy atom. The predicted octanol–water partition coefficient (Wildman–Crippen LogP) is 2.12. The average molecular weight is 318 g/mol. The molecule has 3 aliphatic rings. The second-order valence-corrected chi connectivity index (χ2v) is 6.86. The normalized spacial score (nSPS) is 32.6. The molecule has 0 bridgehead atoms. The largest absolute Gasteiger partial charge is 0.472 e. The molecule has 2 saturated heterocycles. The minimum atomic E-state index is 0.132. The van der Waals surface area contributed by atoms with Crippen molar-refractivity contribution >= 4 is 0 Å². The highest BCUT2D eigenvalue weighted by Gasteiger charge is 2.44. The fourth-order valence-electron chi connectivity index (χ4n) is 4.18. The first-order chi connectivity index (χ1) is 11.4. The number of ether oxygens (including phenoxy) is 3. The Bertz CT molecular complexity index is 492. The van der Waals surface area contributed by atoms with Crippen molar-refractivity contribution in [2.24, 2.45) is 5.92 Å². The molecule has 3 heterocycles. The smallest absolute Gasteiger partial charge is 0.213 e. The van der Waals surface area contributed by atoms with Crippen LogP contribution in [0, 0.1) is 5.92 Å². The summed E-state index contributed by atoms with van der Waals surface area (Å²) in [6.45, 7) is 4.90. The van der Waals surface area contributed by atoms with Crippen LogP contribution in [0.3, 0.4) is 0 Å². The van der Waals surface area contributed by atoms with Crippen molar-refractivity contribution in [3.8, 4) is 5.88 Å². The van der Waals surface area contributed by atoms with Gasteiger partial charge in [0, 0.05) is 44.6 Å². The molecular formula is C18H26N2O3. The van der Waals surface area contributed by atoms with Crippen LogP contribution in [-0.4, -0.2) is 61.0 Å². The lowest BCUT2D eigenvalue weighted by atomic mass is 9.98. The summed E-state index contributed by atoms with van der Waals surface area (Å²) < 4.78 is 17.7. The van der Waals surface area contributed by atoms with Crippen LogP contribution in [0.5, 0.6) is 5.88 Å². The highest BCUT2D eigenvalue weighted by atomic mass is 16.5. The van der Waals surface area contributed by atoms with E-state index in [4.69, 9.17) is 14.2 Å². The van der Waals surface area contributed by atoms with Gasteiger partial charge in [0.1, 0.15) is 12.2 Å². The number of fused-ring (bicyclic) bond motifs is 1. The number of hydrogen-bond donors (Lipinski definition) is 0. The zero-order chi connectivity index (χ0) is 15.5. The first kappa shape index (κ1) is 15.4. The molecule has 5 heteroatoms. The first-order valence-electron chi connectivity index (χ1n) is 8.91. The standard InChI is InChI=1S/C18H26N2O3/c1-2-8-19-17(3-1)23-16-5-4-15-18(16)22-12-9-20(15)13-14-6-10-21-11-7-14/h1-3,8,14-16,18H,4-7,9-13H2/t15-,16+,18+/m0/s1. The van der Waals surface area contributed by atoms with Crippen LogP contribution in [-0.2, 0) is 9.47 Å². The van der Waals surface area contributed by atoms with Crippen molar-refractivity contribution in [1.82, 2.24) is 9.88 Å². The predicted molar refractivity (Wildman–Crippen MR) is 86.5 cm³/mol. The van der Waals surface area contributed by atoms with Crippen LogP contribution in [0.25, 0.3) is 0 Å². The summed E-state index contributed by atoms with van der Waals surface area (Å²) in [6.07, 6.45) is 6.70. The molecule has 4 rings (SSSR count). The van der Waals surface area contributed by atoms with Gasteiger partial charge in [0.25, 0.3) is 0 Å². The first-order valence-corrected chi connectivity index (χ1v) is 8.91. The highest BCUT2D eigenvalue weighted by Crippen LogP contribution is 2.33. The van der Waals surface area contributed by atoms with Crippen molar-refractivity contribution in [1.29, 1.82) is 0 Å². The fourth-order valence-corrected chi connectivity index (χ4v) is 4.18. The minimum absolute atomic E-state index is 0.132. The molecule has 0 spiro atoms. The van der Waals surface area contributed by atoms with Gasteiger partial charge in [-0.05, 0) is 37.7 Å². The quantitative estimate of drug-likeness (QED) is 0.851. The van der Waals surface area contributed by atoms with Gasteiger partial charge in [-0.3, -0.25) is 4.90 Å². The molecule has 0 N–H and O–H groups in total. The zero-order valence-electron chi connectivity index (χ0n) is 13.6. The van der Waals surface area contributed by atoms with Gasteiger partial charge in [-0.15, -0.1) is 0 Å². The fraction of sp³-hybridized carbons (Fsp3) is 0.722. The van der Waals surface area contributed by atoms with Crippen molar-refractivity contribution in [2.75, 3.05) is 32.9 Å². The molecule has 1 saturated carbocycles. The molecule has 0 unspecified atom stereocenters. The van der Waals surface area contributed by atoms with Crippen molar-refractivity contribution < 1.29 is 14.2 Å². The molecule has 1 aromatic heterocycles. The van der Waals surface area contributed by atoms with Crippen LogP contribution in [0.4, 0.5) is 0 Å².